The third-order valence-corrected chi connectivity index (χ3v) is 4.35. The van der Waals surface area contributed by atoms with E-state index in [9.17, 15) is 5.11 Å². The maximum atomic E-state index is 9.89. The van der Waals surface area contributed by atoms with Gasteiger partial charge in [-0.1, -0.05) is 11.6 Å². The summed E-state index contributed by atoms with van der Waals surface area (Å²) >= 11 is 6.07. The van der Waals surface area contributed by atoms with Gasteiger partial charge in [-0.15, -0.1) is 0 Å². The maximum Gasteiger partial charge on any atom is 0.223 e. The van der Waals surface area contributed by atoms with Gasteiger partial charge in [0.2, 0.25) is 5.88 Å². The number of pyridine rings is 2. The van der Waals surface area contributed by atoms with E-state index in [-0.39, 0.29) is 18.3 Å². The molecule has 2 atom stereocenters. The van der Waals surface area contributed by atoms with Crippen molar-refractivity contribution in [2.24, 2.45) is 0 Å². The summed E-state index contributed by atoms with van der Waals surface area (Å²) in [6.45, 7) is 0.548. The fraction of sp³-hybridized carbons (Fsp3) is 0.500. The highest BCUT2D eigenvalue weighted by Crippen LogP contribution is 2.37. The Morgan fingerprint density at radius 1 is 1.18 bits per heavy atom. The third kappa shape index (κ3) is 2.76. The fourth-order valence-corrected chi connectivity index (χ4v) is 2.95. The first-order chi connectivity index (χ1) is 10.7. The second-order valence-corrected chi connectivity index (χ2v) is 6.31. The van der Waals surface area contributed by atoms with Crippen LogP contribution in [0.3, 0.4) is 0 Å². The Balaban J connectivity index is 1.78. The van der Waals surface area contributed by atoms with E-state index in [0.29, 0.717) is 30.5 Å². The number of nitrogens with zero attached hydrogens (tertiary/aromatic N) is 2. The summed E-state index contributed by atoms with van der Waals surface area (Å²) in [4.78, 5) is 8.60. The van der Waals surface area contributed by atoms with Crippen molar-refractivity contribution in [2.75, 3.05) is 6.61 Å². The average molecular weight is 321 g/mol. The number of rotatable bonds is 3. The van der Waals surface area contributed by atoms with Crippen LogP contribution in [0, 0.1) is 0 Å². The van der Waals surface area contributed by atoms with Crippen molar-refractivity contribution in [1.82, 2.24) is 9.97 Å². The first-order valence-corrected chi connectivity index (χ1v) is 7.99. The number of aliphatic hydroxyl groups is 1. The third-order valence-electron chi connectivity index (χ3n) is 4.14. The zero-order chi connectivity index (χ0) is 15.1. The van der Waals surface area contributed by atoms with Crippen molar-refractivity contribution in [3.63, 3.8) is 0 Å². The summed E-state index contributed by atoms with van der Waals surface area (Å²) < 4.78 is 11.7. The van der Waals surface area contributed by atoms with Gasteiger partial charge < -0.3 is 14.6 Å². The minimum Gasteiger partial charge on any atom is -0.474 e. The van der Waals surface area contributed by atoms with E-state index in [0.717, 1.165) is 29.2 Å². The van der Waals surface area contributed by atoms with E-state index in [2.05, 4.69) is 9.97 Å². The minimum atomic E-state index is -0.339. The van der Waals surface area contributed by atoms with Crippen molar-refractivity contribution < 1.29 is 14.6 Å². The zero-order valence-corrected chi connectivity index (χ0v) is 12.8. The number of aromatic nitrogens is 2. The highest BCUT2D eigenvalue weighted by Gasteiger charge is 2.28. The molecule has 0 amide bonds. The molecule has 1 aliphatic carbocycles. The summed E-state index contributed by atoms with van der Waals surface area (Å²) in [6.07, 6.45) is 6.62. The van der Waals surface area contributed by atoms with Crippen LogP contribution in [-0.4, -0.2) is 33.9 Å². The Morgan fingerprint density at radius 3 is 2.82 bits per heavy atom. The first-order valence-electron chi connectivity index (χ1n) is 7.61. The number of ether oxygens (including phenoxy) is 2. The Morgan fingerprint density at radius 2 is 2.05 bits per heavy atom. The van der Waals surface area contributed by atoms with Gasteiger partial charge in [0.15, 0.2) is 0 Å². The molecule has 2 aromatic rings. The van der Waals surface area contributed by atoms with E-state index < -0.39 is 0 Å². The van der Waals surface area contributed by atoms with Crippen LogP contribution < -0.4 is 4.74 Å². The van der Waals surface area contributed by atoms with Gasteiger partial charge in [0, 0.05) is 31.0 Å². The highest BCUT2D eigenvalue weighted by atomic mass is 35.5. The predicted molar refractivity (Wildman–Crippen MR) is 82.1 cm³/mol. The molecule has 2 aromatic heterocycles. The molecule has 4 rings (SSSR count). The van der Waals surface area contributed by atoms with E-state index in [1.807, 2.05) is 6.07 Å². The van der Waals surface area contributed by atoms with Crippen LogP contribution >= 0.6 is 11.6 Å². The summed E-state index contributed by atoms with van der Waals surface area (Å²) in [7, 11) is 0. The summed E-state index contributed by atoms with van der Waals surface area (Å²) in [5.74, 6) is 0.599. The average Bonchev–Trinajstić information content (AvgIpc) is 3.31. The molecule has 0 radical (unpaired) electrons. The number of fused-ring (bicyclic) bond motifs is 1. The van der Waals surface area contributed by atoms with Gasteiger partial charge in [-0.05, 0) is 30.7 Å². The molecule has 0 spiro atoms. The molecule has 5 nitrogen and oxygen atoms in total. The van der Waals surface area contributed by atoms with Crippen molar-refractivity contribution >= 4 is 22.4 Å². The van der Waals surface area contributed by atoms with Crippen molar-refractivity contribution in [1.29, 1.82) is 0 Å². The predicted octanol–water partition coefficient (Wildman–Crippen LogP) is 3.04. The van der Waals surface area contributed by atoms with Crippen molar-refractivity contribution in [3.05, 3.63) is 29.2 Å². The Labute approximate surface area is 133 Å². The van der Waals surface area contributed by atoms with E-state index in [1.165, 1.54) is 0 Å². The van der Waals surface area contributed by atoms with Crippen LogP contribution in [0.1, 0.15) is 37.4 Å². The van der Waals surface area contributed by atoms with Gasteiger partial charge in [-0.2, -0.15) is 0 Å². The van der Waals surface area contributed by atoms with Crippen LogP contribution in [0.2, 0.25) is 5.15 Å². The van der Waals surface area contributed by atoms with E-state index in [4.69, 9.17) is 21.1 Å². The molecular formula is C16H17ClN2O3. The number of halogens is 1. The zero-order valence-electron chi connectivity index (χ0n) is 12.0. The Bertz CT molecular complexity index is 705. The molecule has 0 aromatic carbocycles. The normalized spacial score (nSPS) is 25.4. The van der Waals surface area contributed by atoms with Crippen LogP contribution in [-0.2, 0) is 4.74 Å². The fourth-order valence-electron chi connectivity index (χ4n) is 2.80. The molecule has 1 N–H and O–H groups in total. The summed E-state index contributed by atoms with van der Waals surface area (Å²) in [6, 6.07) is 1.82. The monoisotopic (exact) mass is 320 g/mol. The minimum absolute atomic E-state index is 0.174. The lowest BCUT2D eigenvalue weighted by atomic mass is 9.97. The molecule has 6 heteroatoms. The standard InChI is InChI=1S/C16H17ClN2O3/c17-15-6-11-12(14-5-9(20)3-4-21-14)7-19-16(13(11)8-18-15)22-10-1-2-10/h6-10,14,20H,1-5H2. The lowest BCUT2D eigenvalue weighted by Gasteiger charge is -2.27. The molecule has 22 heavy (non-hydrogen) atoms. The smallest absolute Gasteiger partial charge is 0.223 e. The second-order valence-electron chi connectivity index (χ2n) is 5.93. The molecule has 1 saturated heterocycles. The molecule has 3 heterocycles. The van der Waals surface area contributed by atoms with Gasteiger partial charge in [0.1, 0.15) is 11.3 Å². The molecule has 116 valence electrons. The molecule has 1 aliphatic heterocycles. The van der Waals surface area contributed by atoms with Crippen LogP contribution in [0.4, 0.5) is 0 Å². The van der Waals surface area contributed by atoms with Crippen LogP contribution in [0.5, 0.6) is 5.88 Å². The van der Waals surface area contributed by atoms with Gasteiger partial charge in [-0.3, -0.25) is 0 Å². The Kier molecular flexibility index (Phi) is 3.64. The SMILES string of the molecule is OC1CCOC(c2cnc(OC3CC3)c3cnc(Cl)cc23)C1. The Hall–Kier alpha value is -1.43. The molecule has 1 saturated carbocycles. The van der Waals surface area contributed by atoms with Crippen LogP contribution in [0.25, 0.3) is 10.8 Å². The number of hydrogen-bond donors (Lipinski definition) is 1. The van der Waals surface area contributed by atoms with E-state index in [1.54, 1.807) is 12.4 Å². The van der Waals surface area contributed by atoms with Crippen molar-refractivity contribution in [3.8, 4) is 5.88 Å². The summed E-state index contributed by atoms with van der Waals surface area (Å²) in [5.41, 5.74) is 0.932. The first kappa shape index (κ1) is 14.2. The second kappa shape index (κ2) is 5.65. The quantitative estimate of drug-likeness (QED) is 0.881. The van der Waals surface area contributed by atoms with Gasteiger partial charge in [-0.25, -0.2) is 9.97 Å². The van der Waals surface area contributed by atoms with Crippen LogP contribution in [0.15, 0.2) is 18.5 Å². The largest absolute Gasteiger partial charge is 0.474 e. The van der Waals surface area contributed by atoms with Gasteiger partial charge in [0.05, 0.1) is 17.6 Å². The lowest BCUT2D eigenvalue weighted by molar-refractivity contribution is -0.0442. The van der Waals surface area contributed by atoms with Gasteiger partial charge >= 0.3 is 0 Å². The van der Waals surface area contributed by atoms with E-state index >= 15 is 0 Å². The highest BCUT2D eigenvalue weighted by molar-refractivity contribution is 6.30. The lowest BCUT2D eigenvalue weighted by Crippen LogP contribution is -2.23. The molecule has 2 aliphatic rings. The molecule has 0 bridgehead atoms. The summed E-state index contributed by atoms with van der Waals surface area (Å²) in [5, 5.41) is 12.1. The maximum absolute atomic E-state index is 9.89. The van der Waals surface area contributed by atoms with Crippen molar-refractivity contribution in [2.45, 2.75) is 44.0 Å². The number of hydrogen-bond acceptors (Lipinski definition) is 5. The molecular weight excluding hydrogens is 304 g/mol. The van der Waals surface area contributed by atoms with Gasteiger partial charge in [0.25, 0.3) is 0 Å². The number of aliphatic hydroxyl groups excluding tert-OH is 1. The molecule has 2 unspecified atom stereocenters. The topological polar surface area (TPSA) is 64.5 Å². The molecule has 2 fully saturated rings.